The molecular formula is C11H16N4O3. The lowest BCUT2D eigenvalue weighted by molar-refractivity contribution is -0.139. The predicted molar refractivity (Wildman–Crippen MR) is 63.0 cm³/mol. The molecule has 7 nitrogen and oxygen atoms in total. The van der Waals surface area contributed by atoms with E-state index in [-0.39, 0.29) is 12.0 Å². The van der Waals surface area contributed by atoms with E-state index in [1.807, 2.05) is 6.92 Å². The van der Waals surface area contributed by atoms with Gasteiger partial charge in [-0.1, -0.05) is 0 Å². The van der Waals surface area contributed by atoms with Gasteiger partial charge in [0.1, 0.15) is 6.04 Å². The number of nitrogens with zero attached hydrogens (tertiary/aromatic N) is 1. The molecule has 0 aliphatic heterocycles. The molecule has 18 heavy (non-hydrogen) atoms. The number of imidazole rings is 1. The number of nitrogens with one attached hydrogen (secondary N) is 3. The van der Waals surface area contributed by atoms with Gasteiger partial charge in [0.25, 0.3) is 0 Å². The number of carbonyl (C=O) groups excluding carboxylic acids is 1. The van der Waals surface area contributed by atoms with Crippen molar-refractivity contribution < 1.29 is 14.7 Å². The van der Waals surface area contributed by atoms with E-state index in [4.69, 9.17) is 5.11 Å². The number of H-pyrrole nitrogens is 1. The van der Waals surface area contributed by atoms with Crippen LogP contribution in [0.2, 0.25) is 0 Å². The van der Waals surface area contributed by atoms with Gasteiger partial charge < -0.3 is 20.7 Å². The second-order valence-corrected chi connectivity index (χ2v) is 4.83. The molecule has 0 saturated heterocycles. The fraction of sp³-hybridized carbons (Fsp3) is 0.545. The molecule has 0 aromatic carbocycles. The van der Waals surface area contributed by atoms with Crippen LogP contribution in [-0.4, -0.2) is 38.7 Å². The van der Waals surface area contributed by atoms with Crippen molar-refractivity contribution in [3.05, 3.63) is 18.2 Å². The smallest absolute Gasteiger partial charge is 0.326 e. The minimum atomic E-state index is -1.07. The number of aliphatic carboxylic acids is 1. The molecule has 0 unspecified atom stereocenters. The Hall–Kier alpha value is -2.05. The van der Waals surface area contributed by atoms with Crippen LogP contribution in [0.4, 0.5) is 4.79 Å². The minimum absolute atomic E-state index is 0.166. The number of hydrogen-bond acceptors (Lipinski definition) is 3. The third-order valence-electron chi connectivity index (χ3n) is 3.00. The summed E-state index contributed by atoms with van der Waals surface area (Å²) in [5.74, 6) is -1.07. The summed E-state index contributed by atoms with van der Waals surface area (Å²) in [6.07, 6.45) is 5.05. The summed E-state index contributed by atoms with van der Waals surface area (Å²) in [6, 6.07) is -1.41. The van der Waals surface area contributed by atoms with Gasteiger partial charge in [-0.05, 0) is 19.8 Å². The number of carboxylic acid groups (broad SMARTS) is 1. The van der Waals surface area contributed by atoms with Crippen molar-refractivity contribution >= 4 is 12.0 Å². The van der Waals surface area contributed by atoms with E-state index in [0.717, 1.165) is 12.8 Å². The van der Waals surface area contributed by atoms with Gasteiger partial charge >= 0.3 is 12.0 Å². The number of carbonyl (C=O) groups is 2. The largest absolute Gasteiger partial charge is 0.480 e. The number of aromatic amines is 1. The van der Waals surface area contributed by atoms with E-state index in [1.54, 1.807) is 0 Å². The molecule has 4 N–H and O–H groups in total. The highest BCUT2D eigenvalue weighted by atomic mass is 16.4. The van der Waals surface area contributed by atoms with Gasteiger partial charge in [-0.15, -0.1) is 0 Å². The zero-order chi connectivity index (χ0) is 13.2. The molecule has 7 heteroatoms. The molecule has 1 heterocycles. The van der Waals surface area contributed by atoms with E-state index >= 15 is 0 Å². The molecule has 1 saturated carbocycles. The average Bonchev–Trinajstić information content (AvgIpc) is 2.79. The summed E-state index contributed by atoms with van der Waals surface area (Å²) >= 11 is 0. The average molecular weight is 252 g/mol. The fourth-order valence-corrected chi connectivity index (χ4v) is 1.60. The topological polar surface area (TPSA) is 107 Å². The maximum absolute atomic E-state index is 11.6. The van der Waals surface area contributed by atoms with Crippen LogP contribution in [0.25, 0.3) is 0 Å². The van der Waals surface area contributed by atoms with Crippen LogP contribution in [0.1, 0.15) is 25.5 Å². The summed E-state index contributed by atoms with van der Waals surface area (Å²) < 4.78 is 0. The number of aromatic nitrogens is 2. The summed E-state index contributed by atoms with van der Waals surface area (Å²) in [5, 5.41) is 14.3. The predicted octanol–water partition coefficient (Wildman–Crippen LogP) is 0.257. The standard InChI is InChI=1S/C11H16N4O3/c1-11(2-3-11)15-10(18)14-8(9(16)17)4-7-5-12-6-13-7/h5-6,8H,2-4H2,1H3,(H,12,13)(H,16,17)(H2,14,15,18)/t8-/m0/s1. The lowest BCUT2D eigenvalue weighted by Crippen LogP contribution is -2.50. The van der Waals surface area contributed by atoms with Gasteiger partial charge in [0, 0.05) is 23.9 Å². The van der Waals surface area contributed by atoms with Gasteiger partial charge in [0.05, 0.1) is 6.33 Å². The monoisotopic (exact) mass is 252 g/mol. The van der Waals surface area contributed by atoms with E-state index < -0.39 is 18.0 Å². The van der Waals surface area contributed by atoms with E-state index in [0.29, 0.717) is 5.69 Å². The van der Waals surface area contributed by atoms with Gasteiger partial charge in [-0.3, -0.25) is 0 Å². The van der Waals surface area contributed by atoms with Crippen LogP contribution in [0.3, 0.4) is 0 Å². The molecule has 1 fully saturated rings. The van der Waals surface area contributed by atoms with Crippen molar-refractivity contribution in [2.75, 3.05) is 0 Å². The first-order valence-electron chi connectivity index (χ1n) is 5.77. The Balaban J connectivity index is 1.89. The molecule has 2 rings (SSSR count). The molecule has 0 spiro atoms. The van der Waals surface area contributed by atoms with Crippen LogP contribution in [-0.2, 0) is 11.2 Å². The molecule has 0 radical (unpaired) electrons. The molecule has 1 aliphatic rings. The number of amides is 2. The molecule has 0 bridgehead atoms. The quantitative estimate of drug-likeness (QED) is 0.602. The lowest BCUT2D eigenvalue weighted by Gasteiger charge is -2.17. The highest BCUT2D eigenvalue weighted by Crippen LogP contribution is 2.33. The van der Waals surface area contributed by atoms with Crippen LogP contribution < -0.4 is 10.6 Å². The molecule has 1 atom stereocenters. The normalized spacial score (nSPS) is 17.8. The first-order valence-corrected chi connectivity index (χ1v) is 5.77. The van der Waals surface area contributed by atoms with Crippen molar-refractivity contribution in [2.24, 2.45) is 0 Å². The highest BCUT2D eigenvalue weighted by molar-refractivity contribution is 5.83. The third-order valence-corrected chi connectivity index (χ3v) is 3.00. The molecule has 1 aromatic rings. The lowest BCUT2D eigenvalue weighted by atomic mass is 10.1. The van der Waals surface area contributed by atoms with E-state index in [9.17, 15) is 9.59 Å². The Morgan fingerprint density at radius 2 is 2.33 bits per heavy atom. The molecule has 98 valence electrons. The van der Waals surface area contributed by atoms with Crippen molar-refractivity contribution in [3.8, 4) is 0 Å². The first kappa shape index (κ1) is 12.4. The Kier molecular flexibility index (Phi) is 3.22. The SMILES string of the molecule is CC1(NC(=O)N[C@@H](Cc2cnc[nH]2)C(=O)O)CC1. The molecular weight excluding hydrogens is 236 g/mol. The van der Waals surface area contributed by atoms with Crippen LogP contribution in [0.15, 0.2) is 12.5 Å². The maximum atomic E-state index is 11.6. The fourth-order valence-electron chi connectivity index (χ4n) is 1.60. The van der Waals surface area contributed by atoms with Crippen molar-refractivity contribution in [1.29, 1.82) is 0 Å². The number of carboxylic acids is 1. The van der Waals surface area contributed by atoms with E-state index in [2.05, 4.69) is 20.6 Å². The maximum Gasteiger partial charge on any atom is 0.326 e. The highest BCUT2D eigenvalue weighted by Gasteiger charge is 2.39. The summed E-state index contributed by atoms with van der Waals surface area (Å²) in [5.41, 5.74) is 0.501. The molecule has 1 aromatic heterocycles. The zero-order valence-electron chi connectivity index (χ0n) is 10.1. The van der Waals surface area contributed by atoms with Crippen LogP contribution >= 0.6 is 0 Å². The Morgan fingerprint density at radius 3 is 2.83 bits per heavy atom. The van der Waals surface area contributed by atoms with Crippen molar-refractivity contribution in [1.82, 2.24) is 20.6 Å². The van der Waals surface area contributed by atoms with Gasteiger partial charge in [0.15, 0.2) is 0 Å². The minimum Gasteiger partial charge on any atom is -0.480 e. The van der Waals surface area contributed by atoms with Crippen molar-refractivity contribution in [2.45, 2.75) is 37.8 Å². The zero-order valence-corrected chi connectivity index (χ0v) is 10.1. The Labute approximate surface area is 104 Å². The number of urea groups is 1. The second-order valence-electron chi connectivity index (χ2n) is 4.83. The van der Waals surface area contributed by atoms with Gasteiger partial charge in [-0.2, -0.15) is 0 Å². The van der Waals surface area contributed by atoms with Crippen LogP contribution in [0.5, 0.6) is 0 Å². The van der Waals surface area contributed by atoms with Crippen molar-refractivity contribution in [3.63, 3.8) is 0 Å². The Morgan fingerprint density at radius 1 is 1.61 bits per heavy atom. The van der Waals surface area contributed by atoms with Gasteiger partial charge in [-0.25, -0.2) is 14.6 Å². The van der Waals surface area contributed by atoms with Crippen LogP contribution in [0, 0.1) is 0 Å². The summed E-state index contributed by atoms with van der Waals surface area (Å²) in [7, 11) is 0. The summed E-state index contributed by atoms with van der Waals surface area (Å²) in [4.78, 5) is 29.3. The third kappa shape index (κ3) is 3.22. The van der Waals surface area contributed by atoms with E-state index in [1.165, 1.54) is 12.5 Å². The second kappa shape index (κ2) is 4.67. The molecule has 1 aliphatic carbocycles. The number of hydrogen-bond donors (Lipinski definition) is 4. The first-order chi connectivity index (χ1) is 8.48. The summed E-state index contributed by atoms with van der Waals surface area (Å²) in [6.45, 7) is 1.93. The molecule has 2 amide bonds. The number of rotatable bonds is 5. The van der Waals surface area contributed by atoms with Gasteiger partial charge in [0.2, 0.25) is 0 Å². The Bertz CT molecular complexity index is 439.